The van der Waals surface area contributed by atoms with Gasteiger partial charge >= 0.3 is 0 Å². The molecule has 0 saturated heterocycles. The molecule has 3 aromatic rings. The molecule has 0 fully saturated rings. The zero-order chi connectivity index (χ0) is 20.8. The molecule has 0 spiro atoms. The van der Waals surface area contributed by atoms with Crippen LogP contribution >= 0.6 is 11.3 Å². The first-order chi connectivity index (χ1) is 14.5. The molecule has 30 heavy (non-hydrogen) atoms. The molecule has 7 nitrogen and oxygen atoms in total. The molecule has 1 aliphatic carbocycles. The van der Waals surface area contributed by atoms with Gasteiger partial charge in [0.25, 0.3) is 5.91 Å². The number of allylic oxidation sites excluding steroid dienone is 3. The summed E-state index contributed by atoms with van der Waals surface area (Å²) in [5, 5.41) is 11.1. The normalized spacial score (nSPS) is 19.1. The molecule has 8 heteroatoms. The Morgan fingerprint density at radius 1 is 1.30 bits per heavy atom. The third kappa shape index (κ3) is 3.13. The van der Waals surface area contributed by atoms with Gasteiger partial charge in [-0.15, -0.1) is 0 Å². The lowest BCUT2D eigenvalue weighted by Gasteiger charge is -2.33. The summed E-state index contributed by atoms with van der Waals surface area (Å²) in [6, 6.07) is 7.77. The molecule has 1 aliphatic heterocycles. The Kier molecular flexibility index (Phi) is 4.51. The number of nitrogens with one attached hydrogen (secondary N) is 2. The number of hydrogen-bond donors (Lipinski definition) is 2. The number of benzene rings is 1. The summed E-state index contributed by atoms with van der Waals surface area (Å²) in [5.41, 5.74) is 4.60. The van der Waals surface area contributed by atoms with E-state index < -0.39 is 5.92 Å². The van der Waals surface area contributed by atoms with Gasteiger partial charge in [0, 0.05) is 53.7 Å². The van der Waals surface area contributed by atoms with E-state index in [0.717, 1.165) is 40.0 Å². The SMILES string of the molecule is CC1=C(C(=O)Nc2nc3ccccc3s2)[C@@H](c2cnn(C)c2)C2=C(CCCC2=O)N1. The summed E-state index contributed by atoms with van der Waals surface area (Å²) in [5.74, 6) is -0.592. The fourth-order valence-corrected chi connectivity index (χ4v) is 5.16. The summed E-state index contributed by atoms with van der Waals surface area (Å²) in [6.45, 7) is 1.89. The first-order valence-electron chi connectivity index (χ1n) is 9.91. The van der Waals surface area contributed by atoms with Gasteiger partial charge in [-0.05, 0) is 31.9 Å². The number of nitrogens with zero attached hydrogens (tertiary/aromatic N) is 3. The minimum atomic E-state index is -0.433. The van der Waals surface area contributed by atoms with E-state index in [0.29, 0.717) is 22.7 Å². The molecule has 152 valence electrons. The van der Waals surface area contributed by atoms with Crippen LogP contribution in [0.15, 0.2) is 59.2 Å². The van der Waals surface area contributed by atoms with Gasteiger partial charge in [-0.25, -0.2) is 4.98 Å². The molecule has 1 aromatic carbocycles. The van der Waals surface area contributed by atoms with Crippen molar-refractivity contribution >= 4 is 38.4 Å². The highest BCUT2D eigenvalue weighted by atomic mass is 32.1. The Morgan fingerprint density at radius 3 is 2.90 bits per heavy atom. The molecular weight excluding hydrogens is 398 g/mol. The third-order valence-corrected chi connectivity index (χ3v) is 6.54. The molecule has 5 rings (SSSR count). The van der Waals surface area contributed by atoms with Crippen molar-refractivity contribution in [3.05, 3.63) is 64.8 Å². The van der Waals surface area contributed by atoms with Gasteiger partial charge < -0.3 is 5.32 Å². The lowest BCUT2D eigenvalue weighted by atomic mass is 9.76. The van der Waals surface area contributed by atoms with E-state index >= 15 is 0 Å². The van der Waals surface area contributed by atoms with Crippen molar-refractivity contribution in [3.8, 4) is 0 Å². The predicted octanol–water partition coefficient (Wildman–Crippen LogP) is 3.64. The maximum atomic E-state index is 13.4. The van der Waals surface area contributed by atoms with Crippen LogP contribution in [0.1, 0.15) is 37.7 Å². The van der Waals surface area contributed by atoms with Gasteiger partial charge in [0.2, 0.25) is 0 Å². The molecule has 2 aromatic heterocycles. The average Bonchev–Trinajstić information content (AvgIpc) is 3.32. The number of amides is 1. The number of carbonyl (C=O) groups excluding carboxylic acids is 2. The summed E-state index contributed by atoms with van der Waals surface area (Å²) in [4.78, 5) is 30.8. The second-order valence-electron chi connectivity index (χ2n) is 7.65. The number of hydrogen-bond acceptors (Lipinski definition) is 6. The Hall–Kier alpha value is -3.26. The Balaban J connectivity index is 1.55. The lowest BCUT2D eigenvalue weighted by molar-refractivity contribution is -0.116. The van der Waals surface area contributed by atoms with Crippen LogP contribution in [0.5, 0.6) is 0 Å². The molecule has 3 heterocycles. The van der Waals surface area contributed by atoms with Crippen LogP contribution in [-0.2, 0) is 16.6 Å². The number of carbonyl (C=O) groups is 2. The summed E-state index contributed by atoms with van der Waals surface area (Å²) in [6.07, 6.45) is 5.75. The van der Waals surface area contributed by atoms with E-state index in [4.69, 9.17) is 0 Å². The van der Waals surface area contributed by atoms with Gasteiger partial charge in [-0.3, -0.25) is 19.6 Å². The van der Waals surface area contributed by atoms with Gasteiger partial charge in [-0.2, -0.15) is 5.10 Å². The topological polar surface area (TPSA) is 88.9 Å². The van der Waals surface area contributed by atoms with E-state index in [1.807, 2.05) is 44.4 Å². The molecule has 1 atom stereocenters. The van der Waals surface area contributed by atoms with E-state index in [2.05, 4.69) is 20.7 Å². The number of aryl methyl sites for hydroxylation is 1. The number of fused-ring (bicyclic) bond motifs is 1. The summed E-state index contributed by atoms with van der Waals surface area (Å²) < 4.78 is 2.71. The average molecular weight is 420 g/mol. The van der Waals surface area contributed by atoms with Crippen LogP contribution in [0.4, 0.5) is 5.13 Å². The molecule has 0 unspecified atom stereocenters. The number of thiazole rings is 1. The second kappa shape index (κ2) is 7.21. The highest BCUT2D eigenvalue weighted by molar-refractivity contribution is 7.22. The number of rotatable bonds is 3. The summed E-state index contributed by atoms with van der Waals surface area (Å²) in [7, 11) is 1.83. The molecular formula is C22H21N5O2S. The van der Waals surface area contributed by atoms with Crippen molar-refractivity contribution in [3.63, 3.8) is 0 Å². The van der Waals surface area contributed by atoms with Crippen molar-refractivity contribution in [1.82, 2.24) is 20.1 Å². The number of dihydropyridines is 1. The first kappa shape index (κ1) is 18.7. The molecule has 1 amide bonds. The maximum absolute atomic E-state index is 13.4. The van der Waals surface area contributed by atoms with Crippen LogP contribution < -0.4 is 10.6 Å². The summed E-state index contributed by atoms with van der Waals surface area (Å²) >= 11 is 1.43. The number of Topliss-reactive ketones (excluding diaryl/α,β-unsaturated/α-hetero) is 1. The number of anilines is 1. The quantitative estimate of drug-likeness (QED) is 0.677. The van der Waals surface area contributed by atoms with Crippen molar-refractivity contribution in [2.24, 2.45) is 7.05 Å². The Bertz CT molecular complexity index is 1220. The standard InChI is InChI=1S/C22H21N5O2S/c1-12-18(21(29)26-22-25-14-6-3-4-9-17(14)30-22)19(13-10-23-27(2)11-13)20-15(24-12)7-5-8-16(20)28/h3-4,6,9-11,19,24H,5,7-8H2,1-2H3,(H,25,26,29)/t19-/m1/s1. The van der Waals surface area contributed by atoms with Crippen LogP contribution in [0.2, 0.25) is 0 Å². The largest absolute Gasteiger partial charge is 0.362 e. The fourth-order valence-electron chi connectivity index (χ4n) is 4.30. The smallest absolute Gasteiger partial charge is 0.256 e. The predicted molar refractivity (Wildman–Crippen MR) is 116 cm³/mol. The van der Waals surface area contributed by atoms with Gasteiger partial charge in [0.05, 0.1) is 16.4 Å². The molecule has 2 N–H and O–H groups in total. The first-order valence-corrected chi connectivity index (χ1v) is 10.7. The molecule has 0 radical (unpaired) electrons. The van der Waals surface area contributed by atoms with Crippen molar-refractivity contribution in [2.45, 2.75) is 32.1 Å². The van der Waals surface area contributed by atoms with Gasteiger partial charge in [0.15, 0.2) is 10.9 Å². The monoisotopic (exact) mass is 419 g/mol. The highest BCUT2D eigenvalue weighted by Gasteiger charge is 2.39. The minimum Gasteiger partial charge on any atom is -0.362 e. The van der Waals surface area contributed by atoms with Gasteiger partial charge in [0.1, 0.15) is 0 Å². The van der Waals surface area contributed by atoms with Crippen LogP contribution in [0.3, 0.4) is 0 Å². The fraction of sp³-hybridized carbons (Fsp3) is 0.273. The highest BCUT2D eigenvalue weighted by Crippen LogP contribution is 2.42. The van der Waals surface area contributed by atoms with Crippen molar-refractivity contribution in [1.29, 1.82) is 0 Å². The number of aromatic nitrogens is 3. The van der Waals surface area contributed by atoms with Crippen molar-refractivity contribution in [2.75, 3.05) is 5.32 Å². The molecule has 0 bridgehead atoms. The van der Waals surface area contributed by atoms with E-state index in [1.54, 1.807) is 10.9 Å². The zero-order valence-electron chi connectivity index (χ0n) is 16.7. The van der Waals surface area contributed by atoms with E-state index in [-0.39, 0.29) is 11.7 Å². The lowest BCUT2D eigenvalue weighted by Crippen LogP contribution is -2.35. The van der Waals surface area contributed by atoms with Crippen molar-refractivity contribution < 1.29 is 9.59 Å². The molecule has 0 saturated carbocycles. The Morgan fingerprint density at radius 2 is 2.13 bits per heavy atom. The Labute approximate surface area is 177 Å². The van der Waals surface area contributed by atoms with E-state index in [1.165, 1.54) is 11.3 Å². The maximum Gasteiger partial charge on any atom is 0.256 e. The molecule has 2 aliphatic rings. The van der Waals surface area contributed by atoms with Crippen LogP contribution in [-0.4, -0.2) is 26.5 Å². The number of ketones is 1. The van der Waals surface area contributed by atoms with Crippen LogP contribution in [0, 0.1) is 0 Å². The zero-order valence-corrected chi connectivity index (χ0v) is 17.5. The van der Waals surface area contributed by atoms with Crippen LogP contribution in [0.25, 0.3) is 10.2 Å². The van der Waals surface area contributed by atoms with Gasteiger partial charge in [-0.1, -0.05) is 23.5 Å². The second-order valence-corrected chi connectivity index (χ2v) is 8.68. The minimum absolute atomic E-state index is 0.0930. The van der Waals surface area contributed by atoms with E-state index in [9.17, 15) is 9.59 Å². The third-order valence-electron chi connectivity index (χ3n) is 5.59. The number of para-hydroxylation sites is 1.